The third kappa shape index (κ3) is 4.92. The SMILES string of the molecule is O=C(NCCn1c(CCc2ccccc2)nc2ccccc21)Nc1ccc2c(c1)OCCO2. The Morgan fingerprint density at radius 2 is 1.70 bits per heavy atom. The van der Waals surface area contributed by atoms with Crippen LogP contribution < -0.4 is 20.1 Å². The molecule has 2 amide bonds. The first-order chi connectivity index (χ1) is 16.3. The lowest BCUT2D eigenvalue weighted by molar-refractivity contribution is 0.171. The van der Waals surface area contributed by atoms with Crippen molar-refractivity contribution in [2.75, 3.05) is 25.1 Å². The zero-order chi connectivity index (χ0) is 22.5. The molecule has 0 saturated heterocycles. The van der Waals surface area contributed by atoms with E-state index in [1.165, 1.54) is 5.56 Å². The molecule has 2 N–H and O–H groups in total. The number of urea groups is 1. The van der Waals surface area contributed by atoms with E-state index >= 15 is 0 Å². The van der Waals surface area contributed by atoms with Gasteiger partial charge in [-0.05, 0) is 36.2 Å². The Kier molecular flexibility index (Phi) is 6.10. The van der Waals surface area contributed by atoms with Crippen LogP contribution in [0, 0.1) is 0 Å². The molecule has 5 rings (SSSR count). The second-order valence-electron chi connectivity index (χ2n) is 7.89. The van der Waals surface area contributed by atoms with Crippen molar-refractivity contribution < 1.29 is 14.3 Å². The zero-order valence-electron chi connectivity index (χ0n) is 18.3. The van der Waals surface area contributed by atoms with E-state index < -0.39 is 0 Å². The highest BCUT2D eigenvalue weighted by Gasteiger charge is 2.14. The number of carbonyl (C=O) groups is 1. The van der Waals surface area contributed by atoms with Gasteiger partial charge in [0.05, 0.1) is 11.0 Å². The van der Waals surface area contributed by atoms with Crippen molar-refractivity contribution in [1.29, 1.82) is 0 Å². The standard InChI is InChI=1S/C26H26N4O3/c31-26(28-20-11-12-23-24(18-20)33-17-16-32-23)27-14-15-30-22-9-5-4-8-21(22)29-25(30)13-10-19-6-2-1-3-7-19/h1-9,11-12,18H,10,13-17H2,(H2,27,28,31). The van der Waals surface area contributed by atoms with Gasteiger partial charge in [-0.3, -0.25) is 0 Å². The number of benzene rings is 3. The summed E-state index contributed by atoms with van der Waals surface area (Å²) in [6, 6.07) is 23.7. The molecule has 0 saturated carbocycles. The highest BCUT2D eigenvalue weighted by Crippen LogP contribution is 2.32. The fraction of sp³-hybridized carbons (Fsp3) is 0.231. The summed E-state index contributed by atoms with van der Waals surface area (Å²) < 4.78 is 13.3. The summed E-state index contributed by atoms with van der Waals surface area (Å²) in [4.78, 5) is 17.3. The van der Waals surface area contributed by atoms with Crippen molar-refractivity contribution in [2.45, 2.75) is 19.4 Å². The molecule has 168 valence electrons. The van der Waals surface area contributed by atoms with Gasteiger partial charge in [0.25, 0.3) is 0 Å². The van der Waals surface area contributed by atoms with E-state index in [0.29, 0.717) is 43.5 Å². The molecular weight excluding hydrogens is 416 g/mol. The monoisotopic (exact) mass is 442 g/mol. The summed E-state index contributed by atoms with van der Waals surface area (Å²) in [6.07, 6.45) is 1.75. The van der Waals surface area contributed by atoms with E-state index in [1.807, 2.05) is 24.3 Å². The molecule has 1 aliphatic rings. The normalized spacial score (nSPS) is 12.5. The fourth-order valence-electron chi connectivity index (χ4n) is 4.04. The van der Waals surface area contributed by atoms with E-state index in [2.05, 4.69) is 45.5 Å². The van der Waals surface area contributed by atoms with Gasteiger partial charge in [0, 0.05) is 31.3 Å². The first-order valence-corrected chi connectivity index (χ1v) is 11.2. The van der Waals surface area contributed by atoms with Crippen LogP contribution in [0.2, 0.25) is 0 Å². The fourth-order valence-corrected chi connectivity index (χ4v) is 4.04. The Morgan fingerprint density at radius 1 is 0.909 bits per heavy atom. The van der Waals surface area contributed by atoms with Crippen LogP contribution in [0.25, 0.3) is 11.0 Å². The number of amides is 2. The molecule has 0 bridgehead atoms. The van der Waals surface area contributed by atoms with Gasteiger partial charge in [-0.1, -0.05) is 42.5 Å². The van der Waals surface area contributed by atoms with E-state index in [9.17, 15) is 4.79 Å². The Labute approximate surface area is 192 Å². The van der Waals surface area contributed by atoms with Crippen molar-refractivity contribution in [1.82, 2.24) is 14.9 Å². The summed E-state index contributed by atoms with van der Waals surface area (Å²) in [5.74, 6) is 2.36. The molecule has 3 aromatic carbocycles. The number of imidazole rings is 1. The number of rotatable bonds is 7. The average Bonchev–Trinajstić information content (AvgIpc) is 3.21. The molecule has 33 heavy (non-hydrogen) atoms. The summed E-state index contributed by atoms with van der Waals surface area (Å²) >= 11 is 0. The number of hydrogen-bond donors (Lipinski definition) is 2. The third-order valence-corrected chi connectivity index (χ3v) is 5.63. The topological polar surface area (TPSA) is 77.4 Å². The van der Waals surface area contributed by atoms with E-state index in [1.54, 1.807) is 18.2 Å². The first kappa shape index (κ1) is 20.9. The zero-order valence-corrected chi connectivity index (χ0v) is 18.3. The Morgan fingerprint density at radius 3 is 2.58 bits per heavy atom. The number of nitrogens with zero attached hydrogens (tertiary/aromatic N) is 2. The van der Waals surface area contributed by atoms with Gasteiger partial charge in [0.2, 0.25) is 0 Å². The van der Waals surface area contributed by atoms with Gasteiger partial charge in [-0.2, -0.15) is 0 Å². The second-order valence-corrected chi connectivity index (χ2v) is 7.89. The van der Waals surface area contributed by atoms with Crippen LogP contribution >= 0.6 is 0 Å². The molecule has 0 spiro atoms. The van der Waals surface area contributed by atoms with Crippen LogP contribution in [-0.2, 0) is 19.4 Å². The number of hydrogen-bond acceptors (Lipinski definition) is 4. The molecular formula is C26H26N4O3. The van der Waals surface area contributed by atoms with Crippen LogP contribution in [0.15, 0.2) is 72.8 Å². The van der Waals surface area contributed by atoms with Crippen LogP contribution in [0.4, 0.5) is 10.5 Å². The molecule has 0 fully saturated rings. The van der Waals surface area contributed by atoms with Crippen LogP contribution in [0.1, 0.15) is 11.4 Å². The van der Waals surface area contributed by atoms with Crippen molar-refractivity contribution in [2.24, 2.45) is 0 Å². The quantitative estimate of drug-likeness (QED) is 0.444. The maximum absolute atomic E-state index is 12.4. The smallest absolute Gasteiger partial charge is 0.319 e. The molecule has 0 unspecified atom stereocenters. The van der Waals surface area contributed by atoms with Gasteiger partial charge < -0.3 is 24.7 Å². The molecule has 1 aliphatic heterocycles. The maximum Gasteiger partial charge on any atom is 0.319 e. The number of aromatic nitrogens is 2. The van der Waals surface area contributed by atoms with Crippen molar-refractivity contribution in [3.05, 3.63) is 84.2 Å². The molecule has 0 radical (unpaired) electrons. The van der Waals surface area contributed by atoms with Crippen molar-refractivity contribution >= 4 is 22.8 Å². The molecule has 0 aliphatic carbocycles. The highest BCUT2D eigenvalue weighted by atomic mass is 16.6. The second kappa shape index (κ2) is 9.65. The average molecular weight is 443 g/mol. The number of aryl methyl sites for hydroxylation is 2. The largest absolute Gasteiger partial charge is 0.486 e. The van der Waals surface area contributed by atoms with Gasteiger partial charge in [-0.15, -0.1) is 0 Å². The predicted octanol–water partition coefficient (Wildman–Crippen LogP) is 4.41. The molecule has 7 heteroatoms. The molecule has 1 aromatic heterocycles. The number of anilines is 1. The molecule has 7 nitrogen and oxygen atoms in total. The number of ether oxygens (including phenoxy) is 2. The van der Waals surface area contributed by atoms with Crippen molar-refractivity contribution in [3.8, 4) is 11.5 Å². The lowest BCUT2D eigenvalue weighted by Crippen LogP contribution is -2.31. The minimum absolute atomic E-state index is 0.262. The van der Waals surface area contributed by atoms with E-state index in [-0.39, 0.29) is 6.03 Å². The van der Waals surface area contributed by atoms with Gasteiger partial charge >= 0.3 is 6.03 Å². The van der Waals surface area contributed by atoms with Gasteiger partial charge in [0.15, 0.2) is 11.5 Å². The highest BCUT2D eigenvalue weighted by molar-refractivity contribution is 5.89. The van der Waals surface area contributed by atoms with Crippen molar-refractivity contribution in [3.63, 3.8) is 0 Å². The molecule has 4 aromatic rings. The summed E-state index contributed by atoms with van der Waals surface area (Å²) in [7, 11) is 0. The van der Waals surface area contributed by atoms with E-state index in [0.717, 1.165) is 29.7 Å². The number of nitrogens with one attached hydrogen (secondary N) is 2. The van der Waals surface area contributed by atoms with E-state index in [4.69, 9.17) is 14.5 Å². The minimum Gasteiger partial charge on any atom is -0.486 e. The maximum atomic E-state index is 12.4. The lowest BCUT2D eigenvalue weighted by Gasteiger charge is -2.19. The number of para-hydroxylation sites is 2. The predicted molar refractivity (Wildman–Crippen MR) is 128 cm³/mol. The summed E-state index contributed by atoms with van der Waals surface area (Å²) in [5.41, 5.74) is 4.00. The Balaban J connectivity index is 1.22. The van der Waals surface area contributed by atoms with Gasteiger partial charge in [-0.25, -0.2) is 9.78 Å². The summed E-state index contributed by atoms with van der Waals surface area (Å²) in [6.45, 7) is 2.17. The van der Waals surface area contributed by atoms with Gasteiger partial charge in [0.1, 0.15) is 19.0 Å². The number of carbonyl (C=O) groups excluding carboxylic acids is 1. The number of fused-ring (bicyclic) bond motifs is 2. The Hall–Kier alpha value is -4.00. The van der Waals surface area contributed by atoms with Crippen LogP contribution in [0.3, 0.4) is 0 Å². The molecule has 2 heterocycles. The Bertz CT molecular complexity index is 1250. The minimum atomic E-state index is -0.262. The molecule has 0 atom stereocenters. The lowest BCUT2D eigenvalue weighted by atomic mass is 10.1. The summed E-state index contributed by atoms with van der Waals surface area (Å²) in [5, 5.41) is 5.80. The first-order valence-electron chi connectivity index (χ1n) is 11.2. The van der Waals surface area contributed by atoms with Crippen LogP contribution in [-0.4, -0.2) is 35.3 Å². The third-order valence-electron chi connectivity index (χ3n) is 5.63. The van der Waals surface area contributed by atoms with Crippen LogP contribution in [0.5, 0.6) is 11.5 Å².